The molecule has 0 aliphatic heterocycles. The van der Waals surface area contributed by atoms with E-state index in [1.54, 1.807) is 26.5 Å². The zero-order chi connectivity index (χ0) is 14.4. The summed E-state index contributed by atoms with van der Waals surface area (Å²) in [6, 6.07) is 11.0. The van der Waals surface area contributed by atoms with Crippen molar-refractivity contribution in [1.82, 2.24) is 4.98 Å². The Hall–Kier alpha value is -2.27. The van der Waals surface area contributed by atoms with Crippen LogP contribution in [0.5, 0.6) is 11.6 Å². The number of aliphatic hydroxyl groups excluding tert-OH is 1. The van der Waals surface area contributed by atoms with Crippen LogP contribution in [0.3, 0.4) is 0 Å². The Labute approximate surface area is 118 Å². The van der Waals surface area contributed by atoms with Gasteiger partial charge in [-0.1, -0.05) is 12.1 Å². The number of nitrogens with one attached hydrogen (secondary N) is 1. The Morgan fingerprint density at radius 3 is 2.70 bits per heavy atom. The largest absolute Gasteiger partial charge is 0.497 e. The number of hydrogen-bond donors (Lipinski definition) is 2. The lowest BCUT2D eigenvalue weighted by Gasteiger charge is -2.14. The van der Waals surface area contributed by atoms with Gasteiger partial charge in [-0.15, -0.1) is 0 Å². The summed E-state index contributed by atoms with van der Waals surface area (Å²) in [7, 11) is 3.18. The Morgan fingerprint density at radius 1 is 1.20 bits per heavy atom. The molecule has 0 aliphatic rings. The topological polar surface area (TPSA) is 63.6 Å². The van der Waals surface area contributed by atoms with Gasteiger partial charge in [-0.05, 0) is 23.8 Å². The van der Waals surface area contributed by atoms with Crippen LogP contribution in [0.1, 0.15) is 11.7 Å². The number of methoxy groups -OCH3 is 2. The Bertz CT molecular complexity index is 543. The summed E-state index contributed by atoms with van der Waals surface area (Å²) in [5.41, 5.74) is 1.63. The maximum Gasteiger partial charge on any atom is 0.213 e. The predicted molar refractivity (Wildman–Crippen MR) is 77.2 cm³/mol. The number of anilines is 1. The highest BCUT2D eigenvalue weighted by molar-refractivity contribution is 5.42. The van der Waals surface area contributed by atoms with Gasteiger partial charge in [0.25, 0.3) is 0 Å². The Morgan fingerprint density at radius 2 is 2.05 bits per heavy atom. The maximum atomic E-state index is 10.1. The number of hydrogen-bond acceptors (Lipinski definition) is 5. The van der Waals surface area contributed by atoms with Crippen molar-refractivity contribution in [2.45, 2.75) is 6.10 Å². The second kappa shape index (κ2) is 6.77. The van der Waals surface area contributed by atoms with E-state index in [1.165, 1.54) is 0 Å². The highest BCUT2D eigenvalue weighted by Gasteiger charge is 2.08. The Kier molecular flexibility index (Phi) is 4.79. The van der Waals surface area contributed by atoms with Crippen LogP contribution in [-0.2, 0) is 0 Å². The molecular formula is C15H18N2O3. The molecule has 1 unspecified atom stereocenters. The third kappa shape index (κ3) is 3.61. The molecule has 1 heterocycles. The predicted octanol–water partition coefficient (Wildman–Crippen LogP) is 2.24. The van der Waals surface area contributed by atoms with Gasteiger partial charge in [0, 0.05) is 12.6 Å². The number of aromatic nitrogens is 1. The highest BCUT2D eigenvalue weighted by atomic mass is 16.5. The fourth-order valence-electron chi connectivity index (χ4n) is 1.79. The van der Waals surface area contributed by atoms with Gasteiger partial charge in [-0.2, -0.15) is 0 Å². The van der Waals surface area contributed by atoms with E-state index >= 15 is 0 Å². The summed E-state index contributed by atoms with van der Waals surface area (Å²) in [4.78, 5) is 4.09. The first kappa shape index (κ1) is 14.1. The summed E-state index contributed by atoms with van der Waals surface area (Å²) < 4.78 is 10.1. The van der Waals surface area contributed by atoms with Crippen LogP contribution in [0, 0.1) is 0 Å². The number of pyridine rings is 1. The first-order valence-corrected chi connectivity index (χ1v) is 6.29. The monoisotopic (exact) mass is 274 g/mol. The molecular weight excluding hydrogens is 256 g/mol. The van der Waals surface area contributed by atoms with Crippen LogP contribution in [0.15, 0.2) is 42.6 Å². The molecule has 0 spiro atoms. The molecule has 2 rings (SSSR count). The summed E-state index contributed by atoms with van der Waals surface area (Å²) in [5, 5.41) is 13.3. The van der Waals surface area contributed by atoms with Gasteiger partial charge in [-0.3, -0.25) is 0 Å². The molecule has 106 valence electrons. The number of nitrogens with zero attached hydrogens (tertiary/aromatic N) is 1. The third-order valence-electron chi connectivity index (χ3n) is 2.92. The average molecular weight is 274 g/mol. The van der Waals surface area contributed by atoms with Crippen molar-refractivity contribution in [2.75, 3.05) is 26.1 Å². The van der Waals surface area contributed by atoms with Crippen molar-refractivity contribution in [1.29, 1.82) is 0 Å². The number of benzene rings is 1. The quantitative estimate of drug-likeness (QED) is 0.846. The minimum Gasteiger partial charge on any atom is -0.497 e. The summed E-state index contributed by atoms with van der Waals surface area (Å²) in [6.45, 7) is 0.390. The van der Waals surface area contributed by atoms with Crippen LogP contribution >= 0.6 is 0 Å². The van der Waals surface area contributed by atoms with Crippen molar-refractivity contribution in [2.24, 2.45) is 0 Å². The van der Waals surface area contributed by atoms with Gasteiger partial charge >= 0.3 is 0 Å². The molecule has 0 fully saturated rings. The van der Waals surface area contributed by atoms with E-state index in [4.69, 9.17) is 9.47 Å². The molecule has 0 aliphatic carbocycles. The lowest BCUT2D eigenvalue weighted by atomic mass is 10.1. The van der Waals surface area contributed by atoms with Crippen molar-refractivity contribution < 1.29 is 14.6 Å². The van der Waals surface area contributed by atoms with Gasteiger partial charge in [-0.25, -0.2) is 4.98 Å². The van der Waals surface area contributed by atoms with Gasteiger partial charge < -0.3 is 19.9 Å². The minimum atomic E-state index is -0.618. The third-order valence-corrected chi connectivity index (χ3v) is 2.92. The molecule has 2 aromatic rings. The fraction of sp³-hybridized carbons (Fsp3) is 0.267. The lowest BCUT2D eigenvalue weighted by Crippen LogP contribution is -2.12. The second-order valence-electron chi connectivity index (χ2n) is 4.26. The van der Waals surface area contributed by atoms with Crippen LogP contribution < -0.4 is 14.8 Å². The van der Waals surface area contributed by atoms with E-state index in [0.717, 1.165) is 17.0 Å². The molecule has 1 aromatic heterocycles. The van der Waals surface area contributed by atoms with Gasteiger partial charge in [0.2, 0.25) is 5.88 Å². The molecule has 1 aromatic carbocycles. The molecule has 20 heavy (non-hydrogen) atoms. The smallest absolute Gasteiger partial charge is 0.213 e. The van der Waals surface area contributed by atoms with E-state index < -0.39 is 6.10 Å². The van der Waals surface area contributed by atoms with Crippen molar-refractivity contribution in [3.05, 3.63) is 48.2 Å². The lowest BCUT2D eigenvalue weighted by molar-refractivity contribution is 0.191. The van der Waals surface area contributed by atoms with Crippen LogP contribution in [-0.4, -0.2) is 30.9 Å². The van der Waals surface area contributed by atoms with Crippen molar-refractivity contribution >= 4 is 5.69 Å². The van der Waals surface area contributed by atoms with Crippen LogP contribution in [0.4, 0.5) is 5.69 Å². The zero-order valence-electron chi connectivity index (χ0n) is 11.5. The van der Waals surface area contributed by atoms with E-state index in [9.17, 15) is 5.11 Å². The van der Waals surface area contributed by atoms with Crippen molar-refractivity contribution in [3.63, 3.8) is 0 Å². The SMILES string of the molecule is COc1cccc(C(O)CNc2ccc(OC)nc2)c1. The van der Waals surface area contributed by atoms with Crippen LogP contribution in [0.25, 0.3) is 0 Å². The summed E-state index contributed by atoms with van der Waals surface area (Å²) in [5.74, 6) is 1.29. The first-order valence-electron chi connectivity index (χ1n) is 6.29. The maximum absolute atomic E-state index is 10.1. The van der Waals surface area contributed by atoms with E-state index in [1.807, 2.05) is 30.3 Å². The Balaban J connectivity index is 1.95. The fourth-order valence-corrected chi connectivity index (χ4v) is 1.79. The van der Waals surface area contributed by atoms with E-state index in [0.29, 0.717) is 12.4 Å². The number of aliphatic hydroxyl groups is 1. The molecule has 1 atom stereocenters. The van der Waals surface area contributed by atoms with E-state index in [2.05, 4.69) is 10.3 Å². The summed E-state index contributed by atoms with van der Waals surface area (Å²) >= 11 is 0. The number of ether oxygens (including phenoxy) is 2. The molecule has 0 amide bonds. The second-order valence-corrected chi connectivity index (χ2v) is 4.26. The molecule has 0 bridgehead atoms. The van der Waals surface area contributed by atoms with Crippen LogP contribution in [0.2, 0.25) is 0 Å². The average Bonchev–Trinajstić information content (AvgIpc) is 2.53. The molecule has 0 saturated heterocycles. The van der Waals surface area contributed by atoms with Crippen molar-refractivity contribution in [3.8, 4) is 11.6 Å². The van der Waals surface area contributed by atoms with E-state index in [-0.39, 0.29) is 0 Å². The molecule has 0 radical (unpaired) electrons. The zero-order valence-corrected chi connectivity index (χ0v) is 11.5. The molecule has 5 nitrogen and oxygen atoms in total. The number of rotatable bonds is 6. The molecule has 0 saturated carbocycles. The first-order chi connectivity index (χ1) is 9.72. The highest BCUT2D eigenvalue weighted by Crippen LogP contribution is 2.20. The normalized spacial score (nSPS) is 11.8. The molecule has 2 N–H and O–H groups in total. The van der Waals surface area contributed by atoms with Gasteiger partial charge in [0.05, 0.1) is 32.2 Å². The van der Waals surface area contributed by atoms with Gasteiger partial charge in [0.15, 0.2) is 0 Å². The van der Waals surface area contributed by atoms with Gasteiger partial charge in [0.1, 0.15) is 5.75 Å². The molecule has 5 heteroatoms. The summed E-state index contributed by atoms with van der Waals surface area (Å²) in [6.07, 6.45) is 1.05. The standard InChI is InChI=1S/C15H18N2O3/c1-19-13-5-3-4-11(8-13)14(18)10-16-12-6-7-15(20-2)17-9-12/h3-9,14,16,18H,10H2,1-2H3. The minimum absolute atomic E-state index is 0.390.